The van der Waals surface area contributed by atoms with Gasteiger partial charge in [-0.25, -0.2) is 4.79 Å². The fourth-order valence-electron chi connectivity index (χ4n) is 2.00. The molecule has 0 amide bonds. The number of nitrogens with one attached hydrogen (secondary N) is 3. The van der Waals surface area contributed by atoms with Gasteiger partial charge < -0.3 is 31.1 Å². The Kier molecular flexibility index (Phi) is 7.27. The summed E-state index contributed by atoms with van der Waals surface area (Å²) in [6.07, 6.45) is 1.22. The van der Waals surface area contributed by atoms with Crippen molar-refractivity contribution < 1.29 is 19.7 Å². The summed E-state index contributed by atoms with van der Waals surface area (Å²) in [6.45, 7) is 2.32. The predicted molar refractivity (Wildman–Crippen MR) is 88.8 cm³/mol. The SMILES string of the molecule is [B]CCc1ccc(OC(C)CNCC(=N)C=N)c(C(=O)O)c1O. The molecule has 0 saturated heterocycles. The zero-order valence-electron chi connectivity index (χ0n) is 12.9. The van der Waals surface area contributed by atoms with Gasteiger partial charge in [-0.2, -0.15) is 0 Å². The first kappa shape index (κ1) is 18.7. The minimum atomic E-state index is -1.28. The molecule has 1 rings (SSSR count). The highest BCUT2D eigenvalue weighted by Crippen LogP contribution is 2.32. The van der Waals surface area contributed by atoms with Gasteiger partial charge in [0.15, 0.2) is 0 Å². The van der Waals surface area contributed by atoms with Crippen LogP contribution in [0.25, 0.3) is 0 Å². The van der Waals surface area contributed by atoms with Crippen molar-refractivity contribution in [1.29, 1.82) is 10.8 Å². The molecule has 0 aliphatic carbocycles. The second-order valence-corrected chi connectivity index (χ2v) is 5.02. The van der Waals surface area contributed by atoms with Crippen LogP contribution in [0.5, 0.6) is 11.5 Å². The lowest BCUT2D eigenvalue weighted by atomic mass is 9.95. The number of carboxylic acids is 1. The highest BCUT2D eigenvalue weighted by atomic mass is 16.5. The molecule has 122 valence electrons. The predicted octanol–water partition coefficient (Wildman–Crippen LogP) is 1.25. The molecule has 1 unspecified atom stereocenters. The third-order valence-corrected chi connectivity index (χ3v) is 3.10. The number of aromatic hydroxyl groups is 1. The first-order chi connectivity index (χ1) is 10.9. The van der Waals surface area contributed by atoms with Crippen LogP contribution in [0.3, 0.4) is 0 Å². The topological polar surface area (TPSA) is 126 Å². The van der Waals surface area contributed by atoms with E-state index in [9.17, 15) is 15.0 Å². The highest BCUT2D eigenvalue weighted by molar-refractivity contribution is 6.28. The molecule has 1 aromatic rings. The van der Waals surface area contributed by atoms with E-state index >= 15 is 0 Å². The van der Waals surface area contributed by atoms with Gasteiger partial charge in [-0.05, 0) is 25.0 Å². The van der Waals surface area contributed by atoms with Gasteiger partial charge in [-0.1, -0.05) is 12.4 Å². The van der Waals surface area contributed by atoms with E-state index in [1.54, 1.807) is 13.0 Å². The summed E-state index contributed by atoms with van der Waals surface area (Å²) in [6, 6.07) is 3.10. The molecule has 8 heteroatoms. The van der Waals surface area contributed by atoms with E-state index in [0.717, 1.165) is 6.21 Å². The lowest BCUT2D eigenvalue weighted by Gasteiger charge is -2.18. The lowest BCUT2D eigenvalue weighted by Crippen LogP contribution is -2.33. The quantitative estimate of drug-likeness (QED) is 0.328. The molecule has 0 aromatic heterocycles. The normalized spacial score (nSPS) is 11.7. The van der Waals surface area contributed by atoms with Gasteiger partial charge in [0.2, 0.25) is 0 Å². The maximum Gasteiger partial charge on any atom is 0.343 e. The van der Waals surface area contributed by atoms with Crippen LogP contribution in [-0.2, 0) is 6.42 Å². The Morgan fingerprint density at radius 1 is 1.52 bits per heavy atom. The largest absolute Gasteiger partial charge is 0.507 e. The Morgan fingerprint density at radius 3 is 2.78 bits per heavy atom. The number of carbonyl (C=O) groups is 1. The molecule has 2 radical (unpaired) electrons. The van der Waals surface area contributed by atoms with Crippen molar-refractivity contribution in [2.24, 2.45) is 0 Å². The van der Waals surface area contributed by atoms with Crippen molar-refractivity contribution >= 4 is 25.7 Å². The number of rotatable bonds is 10. The monoisotopic (exact) mass is 317 g/mol. The van der Waals surface area contributed by atoms with Crippen LogP contribution in [0.15, 0.2) is 12.1 Å². The molecule has 0 aliphatic heterocycles. The van der Waals surface area contributed by atoms with Gasteiger partial charge in [0, 0.05) is 19.3 Å². The first-order valence-corrected chi connectivity index (χ1v) is 7.14. The lowest BCUT2D eigenvalue weighted by molar-refractivity contribution is 0.0686. The minimum Gasteiger partial charge on any atom is -0.507 e. The van der Waals surface area contributed by atoms with Crippen molar-refractivity contribution in [3.8, 4) is 11.5 Å². The fourth-order valence-corrected chi connectivity index (χ4v) is 2.00. The van der Waals surface area contributed by atoms with Crippen molar-refractivity contribution in [1.82, 2.24) is 5.32 Å². The Morgan fingerprint density at radius 2 is 2.22 bits per heavy atom. The molecule has 5 N–H and O–H groups in total. The molecule has 0 heterocycles. The first-order valence-electron chi connectivity index (χ1n) is 7.14. The van der Waals surface area contributed by atoms with Crippen LogP contribution in [-0.4, -0.2) is 55.1 Å². The number of ether oxygens (including phenoxy) is 1. The summed E-state index contributed by atoms with van der Waals surface area (Å²) in [5.41, 5.74) is 0.310. The van der Waals surface area contributed by atoms with Gasteiger partial charge in [0.05, 0.1) is 13.6 Å². The van der Waals surface area contributed by atoms with Gasteiger partial charge >= 0.3 is 5.97 Å². The summed E-state index contributed by atoms with van der Waals surface area (Å²) in [5, 5.41) is 36.5. The average Bonchev–Trinajstić information content (AvgIpc) is 2.49. The van der Waals surface area contributed by atoms with Gasteiger partial charge in [-0.15, -0.1) is 0 Å². The van der Waals surface area contributed by atoms with E-state index in [4.69, 9.17) is 23.4 Å². The molecule has 7 nitrogen and oxygen atoms in total. The summed E-state index contributed by atoms with van der Waals surface area (Å²) in [4.78, 5) is 11.4. The van der Waals surface area contributed by atoms with E-state index in [0.29, 0.717) is 24.8 Å². The van der Waals surface area contributed by atoms with E-state index in [-0.39, 0.29) is 35.4 Å². The molecule has 23 heavy (non-hydrogen) atoms. The van der Waals surface area contributed by atoms with Crippen LogP contribution in [0.1, 0.15) is 22.8 Å². The van der Waals surface area contributed by atoms with Crippen molar-refractivity contribution in [3.63, 3.8) is 0 Å². The number of hydrogen-bond acceptors (Lipinski definition) is 6. The number of aryl methyl sites for hydroxylation is 1. The maximum absolute atomic E-state index is 11.4. The number of aromatic carboxylic acids is 1. The van der Waals surface area contributed by atoms with E-state index in [1.165, 1.54) is 6.07 Å². The van der Waals surface area contributed by atoms with Crippen LogP contribution in [0.2, 0.25) is 6.32 Å². The Hall–Kier alpha value is -2.35. The van der Waals surface area contributed by atoms with E-state index < -0.39 is 5.97 Å². The molecular weight excluding hydrogens is 297 g/mol. The molecule has 1 aromatic carbocycles. The molecular formula is C15H20BN3O4. The molecule has 1 atom stereocenters. The van der Waals surface area contributed by atoms with Crippen LogP contribution >= 0.6 is 0 Å². The maximum atomic E-state index is 11.4. The van der Waals surface area contributed by atoms with Crippen LogP contribution in [0, 0.1) is 10.8 Å². The van der Waals surface area contributed by atoms with Crippen molar-refractivity contribution in [2.45, 2.75) is 25.8 Å². The third kappa shape index (κ3) is 5.41. The fraction of sp³-hybridized carbons (Fsp3) is 0.400. The standard InChI is InChI=1S/C15H20BN3O4/c1-9(7-19-8-11(18)6-17)23-12-3-2-10(4-5-16)14(20)13(12)15(21)22/h2-3,6,9,17-20H,4-5,7-8H2,1H3,(H,21,22). The smallest absolute Gasteiger partial charge is 0.343 e. The van der Waals surface area contributed by atoms with E-state index in [2.05, 4.69) is 5.32 Å². The number of benzene rings is 1. The van der Waals surface area contributed by atoms with Gasteiger partial charge in [0.1, 0.15) is 23.2 Å². The molecule has 0 aliphatic rings. The summed E-state index contributed by atoms with van der Waals surface area (Å²) in [7, 11) is 5.43. The molecule has 0 saturated carbocycles. The zero-order chi connectivity index (χ0) is 17.4. The average molecular weight is 317 g/mol. The summed E-state index contributed by atoms with van der Waals surface area (Å²) >= 11 is 0. The van der Waals surface area contributed by atoms with E-state index in [1.807, 2.05) is 0 Å². The number of phenols is 1. The van der Waals surface area contributed by atoms with Crippen molar-refractivity contribution in [3.05, 3.63) is 23.3 Å². The summed E-state index contributed by atoms with van der Waals surface area (Å²) in [5.74, 6) is -1.53. The zero-order valence-corrected chi connectivity index (χ0v) is 12.9. The Bertz CT molecular complexity index is 592. The second kappa shape index (κ2) is 8.94. The Balaban J connectivity index is 2.83. The third-order valence-electron chi connectivity index (χ3n) is 3.10. The molecule has 0 spiro atoms. The number of hydrogen-bond donors (Lipinski definition) is 5. The number of carboxylic acid groups (broad SMARTS) is 1. The second-order valence-electron chi connectivity index (χ2n) is 5.02. The highest BCUT2D eigenvalue weighted by Gasteiger charge is 2.21. The van der Waals surface area contributed by atoms with Crippen LogP contribution in [0.4, 0.5) is 0 Å². The molecule has 0 fully saturated rings. The molecule has 0 bridgehead atoms. The minimum absolute atomic E-state index is 0.0761. The van der Waals surface area contributed by atoms with Crippen LogP contribution < -0.4 is 10.1 Å². The van der Waals surface area contributed by atoms with Gasteiger partial charge in [-0.3, -0.25) is 0 Å². The van der Waals surface area contributed by atoms with Gasteiger partial charge in [0.25, 0.3) is 0 Å². The Labute approximate surface area is 136 Å². The van der Waals surface area contributed by atoms with Crippen molar-refractivity contribution in [2.75, 3.05) is 13.1 Å². The summed E-state index contributed by atoms with van der Waals surface area (Å²) < 4.78 is 5.57.